The lowest BCUT2D eigenvalue weighted by Crippen LogP contribution is -2.38. The molecule has 8 heteroatoms. The van der Waals surface area contributed by atoms with E-state index >= 15 is 0 Å². The zero-order valence-corrected chi connectivity index (χ0v) is 11.1. The normalized spacial score (nSPS) is 14.4. The van der Waals surface area contributed by atoms with E-state index in [4.69, 9.17) is 5.73 Å². The summed E-state index contributed by atoms with van der Waals surface area (Å²) in [5.74, 6) is -0.513. The Kier molecular flexibility index (Phi) is 4.94. The number of nitrogens with one attached hydrogen (secondary N) is 1. The molecule has 0 aliphatic carbocycles. The molecule has 0 aromatic heterocycles. The number of hydrogen-bond acceptors (Lipinski definition) is 3. The Morgan fingerprint density at radius 1 is 1.37 bits per heavy atom. The van der Waals surface area contributed by atoms with Gasteiger partial charge in [0.15, 0.2) is 0 Å². The molecular formula is C11H15F3N2O2S. The molecule has 108 valence electrons. The van der Waals surface area contributed by atoms with Crippen LogP contribution >= 0.6 is 0 Å². The van der Waals surface area contributed by atoms with Gasteiger partial charge in [-0.2, -0.15) is 13.2 Å². The average molecular weight is 296 g/mol. The third kappa shape index (κ3) is 5.17. The smallest absolute Gasteiger partial charge is 0.329 e. The quantitative estimate of drug-likeness (QED) is 0.864. The van der Waals surface area contributed by atoms with Crippen molar-refractivity contribution in [2.75, 3.05) is 6.54 Å². The molecule has 0 spiro atoms. The van der Waals surface area contributed by atoms with E-state index in [-0.39, 0.29) is 12.1 Å². The first-order valence-corrected chi connectivity index (χ1v) is 7.15. The Bertz CT molecular complexity index is 529. The predicted molar refractivity (Wildman–Crippen MR) is 65.7 cm³/mol. The molecule has 1 aromatic carbocycles. The van der Waals surface area contributed by atoms with Crippen LogP contribution in [0.25, 0.3) is 0 Å². The van der Waals surface area contributed by atoms with E-state index in [2.05, 4.69) is 4.72 Å². The van der Waals surface area contributed by atoms with Crippen molar-refractivity contribution in [3.63, 3.8) is 0 Å². The fourth-order valence-electron chi connectivity index (χ4n) is 1.45. The van der Waals surface area contributed by atoms with Crippen molar-refractivity contribution >= 4 is 10.0 Å². The van der Waals surface area contributed by atoms with Gasteiger partial charge in [-0.3, -0.25) is 0 Å². The maximum Gasteiger partial charge on any atom is 0.416 e. The lowest BCUT2D eigenvalue weighted by atomic mass is 10.1. The zero-order chi connectivity index (χ0) is 14.7. The molecule has 4 nitrogen and oxygen atoms in total. The van der Waals surface area contributed by atoms with Crippen LogP contribution in [0, 0.1) is 0 Å². The summed E-state index contributed by atoms with van der Waals surface area (Å²) in [6.45, 7) is 1.69. The molecule has 0 fully saturated rings. The molecule has 0 unspecified atom stereocenters. The minimum Gasteiger partial charge on any atom is -0.329 e. The van der Waals surface area contributed by atoms with Crippen molar-refractivity contribution in [2.24, 2.45) is 5.73 Å². The number of nitrogens with two attached hydrogens (primary N) is 1. The lowest BCUT2D eigenvalue weighted by molar-refractivity contribution is -0.137. The van der Waals surface area contributed by atoms with Gasteiger partial charge in [-0.25, -0.2) is 13.1 Å². The molecular weight excluding hydrogens is 281 g/mol. The highest BCUT2D eigenvalue weighted by atomic mass is 32.2. The predicted octanol–water partition coefficient (Wildman–Crippen LogP) is 1.47. The molecule has 0 aliphatic heterocycles. The van der Waals surface area contributed by atoms with Crippen LogP contribution in [0.5, 0.6) is 0 Å². The first-order valence-electron chi connectivity index (χ1n) is 5.50. The SMILES string of the molecule is C[C@@H](CN)NS(=O)(=O)Cc1cccc(C(F)(F)F)c1. The number of sulfonamides is 1. The Hall–Kier alpha value is -1.12. The number of rotatable bonds is 5. The maximum atomic E-state index is 12.5. The second-order valence-electron chi connectivity index (χ2n) is 4.21. The monoisotopic (exact) mass is 296 g/mol. The van der Waals surface area contributed by atoms with Gasteiger partial charge in [0, 0.05) is 12.6 Å². The first kappa shape index (κ1) is 15.9. The summed E-state index contributed by atoms with van der Waals surface area (Å²) in [5.41, 5.74) is 4.49. The van der Waals surface area contributed by atoms with Gasteiger partial charge in [0.1, 0.15) is 0 Å². The molecule has 0 heterocycles. The van der Waals surface area contributed by atoms with E-state index in [1.165, 1.54) is 12.1 Å². The van der Waals surface area contributed by atoms with Gasteiger partial charge < -0.3 is 5.73 Å². The standard InChI is InChI=1S/C11H15F3N2O2S/c1-8(6-15)16-19(17,18)7-9-3-2-4-10(5-9)11(12,13)14/h2-5,8,16H,6-7,15H2,1H3/t8-/m0/s1. The zero-order valence-electron chi connectivity index (χ0n) is 10.2. The summed E-state index contributed by atoms with van der Waals surface area (Å²) >= 11 is 0. The number of hydrogen-bond donors (Lipinski definition) is 2. The van der Waals surface area contributed by atoms with E-state index in [0.717, 1.165) is 12.1 Å². The van der Waals surface area contributed by atoms with E-state index in [0.29, 0.717) is 0 Å². The lowest BCUT2D eigenvalue weighted by Gasteiger charge is -2.13. The highest BCUT2D eigenvalue weighted by molar-refractivity contribution is 7.88. The van der Waals surface area contributed by atoms with Gasteiger partial charge in [-0.05, 0) is 18.6 Å². The molecule has 0 bridgehead atoms. The minimum absolute atomic E-state index is 0.0755. The second kappa shape index (κ2) is 5.89. The molecule has 1 aromatic rings. The minimum atomic E-state index is -4.49. The van der Waals surface area contributed by atoms with Crippen LogP contribution < -0.4 is 10.5 Å². The topological polar surface area (TPSA) is 72.2 Å². The van der Waals surface area contributed by atoms with Crippen molar-refractivity contribution in [3.8, 4) is 0 Å². The van der Waals surface area contributed by atoms with Crippen LogP contribution in [0.2, 0.25) is 0 Å². The third-order valence-electron chi connectivity index (χ3n) is 2.35. The van der Waals surface area contributed by atoms with Gasteiger partial charge in [0.2, 0.25) is 10.0 Å². The van der Waals surface area contributed by atoms with Crippen LogP contribution in [-0.2, 0) is 22.0 Å². The molecule has 0 amide bonds. The molecule has 19 heavy (non-hydrogen) atoms. The first-order chi connectivity index (χ1) is 8.64. The van der Waals surface area contributed by atoms with E-state index in [9.17, 15) is 21.6 Å². The van der Waals surface area contributed by atoms with Crippen LogP contribution in [0.4, 0.5) is 13.2 Å². The molecule has 3 N–H and O–H groups in total. The summed E-state index contributed by atoms with van der Waals surface area (Å²) < 4.78 is 63.1. The highest BCUT2D eigenvalue weighted by Crippen LogP contribution is 2.29. The molecule has 1 rings (SSSR count). The largest absolute Gasteiger partial charge is 0.416 e. The fraction of sp³-hybridized carbons (Fsp3) is 0.455. The highest BCUT2D eigenvalue weighted by Gasteiger charge is 2.30. The van der Waals surface area contributed by atoms with Crippen molar-refractivity contribution in [2.45, 2.75) is 24.9 Å². The van der Waals surface area contributed by atoms with Gasteiger partial charge in [-0.15, -0.1) is 0 Å². The van der Waals surface area contributed by atoms with Crippen LogP contribution in [0.15, 0.2) is 24.3 Å². The van der Waals surface area contributed by atoms with Gasteiger partial charge in [0.25, 0.3) is 0 Å². The van der Waals surface area contributed by atoms with E-state index < -0.39 is 33.6 Å². The second-order valence-corrected chi connectivity index (χ2v) is 5.97. The van der Waals surface area contributed by atoms with Crippen LogP contribution in [0.1, 0.15) is 18.1 Å². The summed E-state index contributed by atoms with van der Waals surface area (Å²) in [5, 5.41) is 0. The van der Waals surface area contributed by atoms with Crippen LogP contribution in [-0.4, -0.2) is 21.0 Å². The van der Waals surface area contributed by atoms with E-state index in [1.54, 1.807) is 6.92 Å². The molecule has 0 saturated heterocycles. The Labute approximate surface area is 109 Å². The van der Waals surface area contributed by atoms with Crippen molar-refractivity contribution in [3.05, 3.63) is 35.4 Å². The molecule has 0 aliphatic rings. The summed E-state index contributed by atoms with van der Waals surface area (Å²) in [6, 6.07) is 3.77. The van der Waals surface area contributed by atoms with Gasteiger partial charge in [-0.1, -0.05) is 18.2 Å². The Morgan fingerprint density at radius 3 is 2.53 bits per heavy atom. The summed E-state index contributed by atoms with van der Waals surface area (Å²) in [4.78, 5) is 0. The average Bonchev–Trinajstić information content (AvgIpc) is 2.26. The fourth-order valence-corrected chi connectivity index (χ4v) is 2.86. The van der Waals surface area contributed by atoms with Gasteiger partial charge in [0.05, 0.1) is 11.3 Å². The number of benzene rings is 1. The molecule has 0 saturated carbocycles. The number of halogens is 3. The number of alkyl halides is 3. The maximum absolute atomic E-state index is 12.5. The van der Waals surface area contributed by atoms with Crippen molar-refractivity contribution in [1.29, 1.82) is 0 Å². The summed E-state index contributed by atoms with van der Waals surface area (Å²) in [6.07, 6.45) is -4.49. The molecule has 0 radical (unpaired) electrons. The van der Waals surface area contributed by atoms with Gasteiger partial charge >= 0.3 is 6.18 Å². The van der Waals surface area contributed by atoms with Crippen LogP contribution in [0.3, 0.4) is 0 Å². The van der Waals surface area contributed by atoms with Crippen molar-refractivity contribution in [1.82, 2.24) is 4.72 Å². The molecule has 1 atom stereocenters. The van der Waals surface area contributed by atoms with E-state index in [1.807, 2.05) is 0 Å². The third-order valence-corrected chi connectivity index (χ3v) is 3.82. The Balaban J connectivity index is 2.89. The summed E-state index contributed by atoms with van der Waals surface area (Å²) in [7, 11) is -3.71. The Morgan fingerprint density at radius 2 is 2.00 bits per heavy atom. The van der Waals surface area contributed by atoms with Crippen molar-refractivity contribution < 1.29 is 21.6 Å².